The molecule has 1 aromatic rings. The molecule has 2 atom stereocenters. The topological polar surface area (TPSA) is 64.3 Å². The number of rotatable bonds is 4. The van der Waals surface area contributed by atoms with E-state index in [0.29, 0.717) is 12.1 Å². The summed E-state index contributed by atoms with van der Waals surface area (Å²) < 4.78 is 6.32. The average molecular weight is 212 g/mol. The van der Waals surface area contributed by atoms with Gasteiger partial charge in [-0.2, -0.15) is 0 Å². The molecule has 0 amide bonds. The van der Waals surface area contributed by atoms with E-state index in [1.165, 1.54) is 7.11 Å². The van der Waals surface area contributed by atoms with Crippen LogP contribution in [0, 0.1) is 5.92 Å². The van der Waals surface area contributed by atoms with Crippen molar-refractivity contribution in [2.24, 2.45) is 13.0 Å². The number of methoxy groups -OCH3 is 1. The Morgan fingerprint density at radius 1 is 1.73 bits per heavy atom. The van der Waals surface area contributed by atoms with Crippen molar-refractivity contribution in [3.8, 4) is 0 Å². The van der Waals surface area contributed by atoms with Crippen molar-refractivity contribution in [1.82, 2.24) is 9.55 Å². The number of esters is 1. The third-order valence-corrected chi connectivity index (χ3v) is 2.48. The lowest BCUT2D eigenvalue weighted by Crippen LogP contribution is -2.24. The summed E-state index contributed by atoms with van der Waals surface area (Å²) in [4.78, 5) is 15.3. The molecule has 1 aromatic heterocycles. The number of imidazole rings is 1. The molecule has 2 unspecified atom stereocenters. The monoisotopic (exact) mass is 212 g/mol. The molecule has 0 bridgehead atoms. The lowest BCUT2D eigenvalue weighted by atomic mass is 9.97. The molecule has 0 aliphatic heterocycles. The third kappa shape index (κ3) is 2.36. The highest BCUT2D eigenvalue weighted by Crippen LogP contribution is 2.24. The summed E-state index contributed by atoms with van der Waals surface area (Å²) in [6.45, 7) is 1.83. The van der Waals surface area contributed by atoms with Gasteiger partial charge in [-0.15, -0.1) is 0 Å². The molecule has 1 heterocycles. The smallest absolute Gasteiger partial charge is 0.311 e. The fourth-order valence-corrected chi connectivity index (χ4v) is 1.53. The van der Waals surface area contributed by atoms with Crippen LogP contribution in [0.25, 0.3) is 0 Å². The number of ether oxygens (including phenoxy) is 1. The second-order valence-corrected chi connectivity index (χ2v) is 3.41. The van der Waals surface area contributed by atoms with Crippen LogP contribution in [-0.2, 0) is 16.6 Å². The van der Waals surface area contributed by atoms with Gasteiger partial charge in [0.1, 0.15) is 6.10 Å². The maximum Gasteiger partial charge on any atom is 0.311 e. The molecule has 0 saturated carbocycles. The van der Waals surface area contributed by atoms with Gasteiger partial charge in [-0.3, -0.25) is 4.79 Å². The molecule has 0 spiro atoms. The van der Waals surface area contributed by atoms with Gasteiger partial charge in [0, 0.05) is 7.05 Å². The lowest BCUT2D eigenvalue weighted by Gasteiger charge is -2.19. The van der Waals surface area contributed by atoms with E-state index < -0.39 is 18.0 Å². The molecule has 1 rings (SSSR count). The normalized spacial score (nSPS) is 14.7. The van der Waals surface area contributed by atoms with E-state index >= 15 is 0 Å². The number of carbonyl (C=O) groups is 1. The van der Waals surface area contributed by atoms with Crippen LogP contribution >= 0.6 is 0 Å². The molecule has 0 aliphatic rings. The van der Waals surface area contributed by atoms with E-state index in [-0.39, 0.29) is 0 Å². The zero-order chi connectivity index (χ0) is 11.4. The number of hydrogen-bond acceptors (Lipinski definition) is 4. The first-order valence-corrected chi connectivity index (χ1v) is 4.83. The number of hydrogen-bond donors (Lipinski definition) is 1. The molecule has 0 saturated heterocycles. The predicted octanol–water partition coefficient (Wildman–Crippen LogP) is 0.653. The second-order valence-electron chi connectivity index (χ2n) is 3.41. The summed E-state index contributed by atoms with van der Waals surface area (Å²) in [5.74, 6) is -0.934. The Bertz CT molecular complexity index is 335. The van der Waals surface area contributed by atoms with Gasteiger partial charge in [-0.25, -0.2) is 4.98 Å². The van der Waals surface area contributed by atoms with Crippen LogP contribution < -0.4 is 0 Å². The Hall–Kier alpha value is -1.36. The van der Waals surface area contributed by atoms with Crippen LogP contribution in [0.1, 0.15) is 25.1 Å². The Labute approximate surface area is 88.7 Å². The Morgan fingerprint density at radius 2 is 2.40 bits per heavy atom. The van der Waals surface area contributed by atoms with Gasteiger partial charge in [0.25, 0.3) is 0 Å². The molecule has 5 nitrogen and oxygen atoms in total. The maximum atomic E-state index is 11.4. The highest BCUT2D eigenvalue weighted by Gasteiger charge is 2.28. The highest BCUT2D eigenvalue weighted by atomic mass is 16.5. The zero-order valence-electron chi connectivity index (χ0n) is 9.17. The predicted molar refractivity (Wildman–Crippen MR) is 54.0 cm³/mol. The number of aliphatic hydroxyl groups excluding tert-OH is 1. The number of aliphatic hydroxyl groups is 1. The van der Waals surface area contributed by atoms with Crippen LogP contribution in [-0.4, -0.2) is 27.7 Å². The molecule has 0 fully saturated rings. The zero-order valence-corrected chi connectivity index (χ0v) is 9.17. The van der Waals surface area contributed by atoms with E-state index in [1.54, 1.807) is 24.1 Å². The van der Waals surface area contributed by atoms with E-state index in [4.69, 9.17) is 0 Å². The van der Waals surface area contributed by atoms with Crippen molar-refractivity contribution in [2.75, 3.05) is 7.11 Å². The lowest BCUT2D eigenvalue weighted by molar-refractivity contribution is -0.150. The van der Waals surface area contributed by atoms with Crippen LogP contribution in [0.5, 0.6) is 0 Å². The Morgan fingerprint density at radius 3 is 2.80 bits per heavy atom. The molecule has 0 aromatic carbocycles. The molecule has 15 heavy (non-hydrogen) atoms. The van der Waals surface area contributed by atoms with E-state index in [9.17, 15) is 9.90 Å². The molecule has 0 radical (unpaired) electrons. The third-order valence-electron chi connectivity index (χ3n) is 2.48. The molecule has 84 valence electrons. The first-order valence-electron chi connectivity index (χ1n) is 4.83. The van der Waals surface area contributed by atoms with Crippen LogP contribution in [0.15, 0.2) is 12.5 Å². The highest BCUT2D eigenvalue weighted by molar-refractivity contribution is 5.73. The van der Waals surface area contributed by atoms with Crippen LogP contribution in [0.2, 0.25) is 0 Å². The first-order chi connectivity index (χ1) is 7.11. The Balaban J connectivity index is 2.86. The average Bonchev–Trinajstić information content (AvgIpc) is 2.65. The minimum absolute atomic E-state index is 0.397. The van der Waals surface area contributed by atoms with Gasteiger partial charge in [0.2, 0.25) is 0 Å². The van der Waals surface area contributed by atoms with Crippen molar-refractivity contribution >= 4 is 5.97 Å². The molecule has 5 heteroatoms. The van der Waals surface area contributed by atoms with Crippen molar-refractivity contribution in [2.45, 2.75) is 19.4 Å². The summed E-state index contributed by atoms with van der Waals surface area (Å²) in [7, 11) is 3.09. The number of nitrogens with zero attached hydrogens (tertiary/aromatic N) is 2. The number of aromatic nitrogens is 2. The molecule has 1 N–H and O–H groups in total. The quantitative estimate of drug-likeness (QED) is 0.744. The van der Waals surface area contributed by atoms with Gasteiger partial charge < -0.3 is 14.4 Å². The standard InChI is InChI=1S/C10H16N2O3/c1-4-7(10(14)15-3)9(13)8-5-11-6-12(8)2/h5-7,9,13H,4H2,1-3H3. The summed E-state index contributed by atoms with van der Waals surface area (Å²) in [5, 5.41) is 9.99. The fourth-order valence-electron chi connectivity index (χ4n) is 1.53. The van der Waals surface area contributed by atoms with E-state index in [0.717, 1.165) is 0 Å². The van der Waals surface area contributed by atoms with Gasteiger partial charge >= 0.3 is 5.97 Å². The molecule has 0 aliphatic carbocycles. The molecular weight excluding hydrogens is 196 g/mol. The second kappa shape index (κ2) is 4.93. The van der Waals surface area contributed by atoms with Gasteiger partial charge in [0.15, 0.2) is 0 Å². The summed E-state index contributed by atoms with van der Waals surface area (Å²) in [6, 6.07) is 0. The maximum absolute atomic E-state index is 11.4. The Kier molecular flexibility index (Phi) is 3.85. The van der Waals surface area contributed by atoms with Gasteiger partial charge in [-0.1, -0.05) is 6.92 Å². The minimum Gasteiger partial charge on any atom is -0.469 e. The van der Waals surface area contributed by atoms with E-state index in [2.05, 4.69) is 9.72 Å². The SMILES string of the molecule is CCC(C(=O)OC)C(O)c1cncn1C. The fraction of sp³-hybridized carbons (Fsp3) is 0.600. The van der Waals surface area contributed by atoms with Crippen molar-refractivity contribution in [3.63, 3.8) is 0 Å². The van der Waals surface area contributed by atoms with Crippen molar-refractivity contribution in [1.29, 1.82) is 0 Å². The number of aryl methyl sites for hydroxylation is 1. The van der Waals surface area contributed by atoms with Gasteiger partial charge in [0.05, 0.1) is 31.2 Å². The van der Waals surface area contributed by atoms with Crippen molar-refractivity contribution < 1.29 is 14.6 Å². The minimum atomic E-state index is -0.866. The van der Waals surface area contributed by atoms with Gasteiger partial charge in [-0.05, 0) is 6.42 Å². The molecular formula is C10H16N2O3. The largest absolute Gasteiger partial charge is 0.469 e. The van der Waals surface area contributed by atoms with Crippen LogP contribution in [0.4, 0.5) is 0 Å². The van der Waals surface area contributed by atoms with E-state index in [1.807, 2.05) is 6.92 Å². The summed E-state index contributed by atoms with van der Waals surface area (Å²) in [6.07, 6.45) is 2.80. The summed E-state index contributed by atoms with van der Waals surface area (Å²) >= 11 is 0. The van der Waals surface area contributed by atoms with Crippen molar-refractivity contribution in [3.05, 3.63) is 18.2 Å². The van der Waals surface area contributed by atoms with Crippen LogP contribution in [0.3, 0.4) is 0 Å². The number of carbonyl (C=O) groups excluding carboxylic acids is 1. The first kappa shape index (κ1) is 11.7. The summed E-state index contributed by atoms with van der Waals surface area (Å²) in [5.41, 5.74) is 0.618.